The number of benzene rings is 1. The highest BCUT2D eigenvalue weighted by molar-refractivity contribution is 6.35. The highest BCUT2D eigenvalue weighted by atomic mass is 35.5. The largest absolute Gasteiger partial charge is 0.462 e. The number of fused-ring (bicyclic) bond motifs is 1. The van der Waals surface area contributed by atoms with Gasteiger partial charge in [-0.2, -0.15) is 0 Å². The van der Waals surface area contributed by atoms with E-state index < -0.39 is 0 Å². The van der Waals surface area contributed by atoms with Crippen LogP contribution < -0.4 is 0 Å². The number of nitrogens with zero attached hydrogens (tertiary/aromatic N) is 1. The second-order valence-corrected chi connectivity index (χ2v) is 4.10. The fourth-order valence-corrected chi connectivity index (χ4v) is 1.90. The number of aromatic nitrogens is 1. The van der Waals surface area contributed by atoms with E-state index in [1.54, 1.807) is 25.3 Å². The molecule has 0 N–H and O–H groups in total. The number of rotatable bonds is 2. The Morgan fingerprint density at radius 2 is 2.24 bits per heavy atom. The molecule has 0 fully saturated rings. The standard InChI is InChI=1S/C13H12ClNO2/c1-3-17-13(16)9-7-12-10(6-8(9)2)11(14)4-5-15-12/h4-7H,3H2,1-2H3. The van der Waals surface area contributed by atoms with Crippen molar-refractivity contribution in [3.8, 4) is 0 Å². The predicted molar refractivity (Wildman–Crippen MR) is 67.4 cm³/mol. The van der Waals surface area contributed by atoms with E-state index in [9.17, 15) is 4.79 Å². The summed E-state index contributed by atoms with van der Waals surface area (Å²) in [7, 11) is 0. The van der Waals surface area contributed by atoms with Crippen LogP contribution in [0.5, 0.6) is 0 Å². The van der Waals surface area contributed by atoms with Crippen molar-refractivity contribution in [1.82, 2.24) is 4.98 Å². The van der Waals surface area contributed by atoms with E-state index in [4.69, 9.17) is 16.3 Å². The van der Waals surface area contributed by atoms with E-state index in [1.165, 1.54) is 0 Å². The van der Waals surface area contributed by atoms with Gasteiger partial charge in [0.2, 0.25) is 0 Å². The summed E-state index contributed by atoms with van der Waals surface area (Å²) in [5.41, 5.74) is 2.08. The molecule has 0 radical (unpaired) electrons. The van der Waals surface area contributed by atoms with Crippen molar-refractivity contribution < 1.29 is 9.53 Å². The van der Waals surface area contributed by atoms with Crippen LogP contribution in [0.3, 0.4) is 0 Å². The predicted octanol–water partition coefficient (Wildman–Crippen LogP) is 3.37. The summed E-state index contributed by atoms with van der Waals surface area (Å²) in [6.45, 7) is 4.00. The summed E-state index contributed by atoms with van der Waals surface area (Å²) in [6, 6.07) is 5.30. The molecule has 0 aliphatic rings. The van der Waals surface area contributed by atoms with Gasteiger partial charge >= 0.3 is 5.97 Å². The average molecular weight is 250 g/mol. The van der Waals surface area contributed by atoms with Gasteiger partial charge in [0.15, 0.2) is 0 Å². The maximum Gasteiger partial charge on any atom is 0.338 e. The van der Waals surface area contributed by atoms with Crippen LogP contribution in [0.15, 0.2) is 24.4 Å². The molecule has 0 aliphatic carbocycles. The lowest BCUT2D eigenvalue weighted by Gasteiger charge is -2.07. The van der Waals surface area contributed by atoms with Crippen LogP contribution in [0.4, 0.5) is 0 Å². The lowest BCUT2D eigenvalue weighted by atomic mass is 10.1. The van der Waals surface area contributed by atoms with Crippen molar-refractivity contribution in [2.75, 3.05) is 6.61 Å². The first-order chi connectivity index (χ1) is 8.13. The van der Waals surface area contributed by atoms with E-state index >= 15 is 0 Å². The molecule has 0 saturated carbocycles. The Kier molecular flexibility index (Phi) is 3.29. The monoisotopic (exact) mass is 249 g/mol. The molecule has 0 amide bonds. The average Bonchev–Trinajstić information content (AvgIpc) is 2.30. The minimum absolute atomic E-state index is 0.325. The number of carbonyl (C=O) groups excluding carboxylic acids is 1. The smallest absolute Gasteiger partial charge is 0.338 e. The minimum Gasteiger partial charge on any atom is -0.462 e. The van der Waals surface area contributed by atoms with Crippen LogP contribution in [0.25, 0.3) is 10.9 Å². The van der Waals surface area contributed by atoms with Crippen molar-refractivity contribution in [2.24, 2.45) is 0 Å². The van der Waals surface area contributed by atoms with Crippen molar-refractivity contribution >= 4 is 28.5 Å². The Morgan fingerprint density at radius 1 is 1.47 bits per heavy atom. The van der Waals surface area contributed by atoms with Gasteiger partial charge in [-0.05, 0) is 37.6 Å². The molecule has 88 valence electrons. The van der Waals surface area contributed by atoms with Gasteiger partial charge in [0.05, 0.1) is 22.7 Å². The maximum absolute atomic E-state index is 11.7. The Labute approximate surface area is 104 Å². The molecule has 0 unspecified atom stereocenters. The van der Waals surface area contributed by atoms with Gasteiger partial charge in [-0.3, -0.25) is 4.98 Å². The van der Waals surface area contributed by atoms with Gasteiger partial charge in [-0.25, -0.2) is 4.79 Å². The number of hydrogen-bond acceptors (Lipinski definition) is 3. The van der Waals surface area contributed by atoms with Crippen molar-refractivity contribution in [3.05, 3.63) is 40.5 Å². The van der Waals surface area contributed by atoms with Crippen LogP contribution >= 0.6 is 11.6 Å². The topological polar surface area (TPSA) is 39.2 Å². The van der Waals surface area contributed by atoms with Crippen molar-refractivity contribution in [2.45, 2.75) is 13.8 Å². The number of pyridine rings is 1. The summed E-state index contributed by atoms with van der Waals surface area (Å²) >= 11 is 6.07. The quantitative estimate of drug-likeness (QED) is 0.766. The molecular weight excluding hydrogens is 238 g/mol. The number of hydrogen-bond donors (Lipinski definition) is 0. The molecule has 17 heavy (non-hydrogen) atoms. The first kappa shape index (κ1) is 11.9. The molecule has 1 aromatic carbocycles. The fourth-order valence-electron chi connectivity index (χ4n) is 1.70. The van der Waals surface area contributed by atoms with E-state index in [0.29, 0.717) is 22.7 Å². The van der Waals surface area contributed by atoms with Crippen LogP contribution in [-0.4, -0.2) is 17.6 Å². The number of ether oxygens (including phenoxy) is 1. The summed E-state index contributed by atoms with van der Waals surface area (Å²) in [6.07, 6.45) is 1.62. The zero-order chi connectivity index (χ0) is 12.4. The molecule has 0 spiro atoms. The summed E-state index contributed by atoms with van der Waals surface area (Å²) in [5, 5.41) is 1.48. The van der Waals surface area contributed by atoms with Gasteiger partial charge < -0.3 is 4.74 Å². The molecule has 0 atom stereocenters. The molecule has 1 heterocycles. The fraction of sp³-hybridized carbons (Fsp3) is 0.231. The second-order valence-electron chi connectivity index (χ2n) is 3.70. The molecule has 4 heteroatoms. The second kappa shape index (κ2) is 4.72. The third-order valence-electron chi connectivity index (χ3n) is 2.53. The lowest BCUT2D eigenvalue weighted by molar-refractivity contribution is 0.0525. The Morgan fingerprint density at radius 3 is 2.94 bits per heavy atom. The summed E-state index contributed by atoms with van der Waals surface area (Å²) in [4.78, 5) is 15.9. The van der Waals surface area contributed by atoms with E-state index in [1.807, 2.05) is 13.0 Å². The first-order valence-electron chi connectivity index (χ1n) is 5.35. The Balaban J connectivity index is 2.60. The van der Waals surface area contributed by atoms with Gasteiger partial charge in [0.25, 0.3) is 0 Å². The van der Waals surface area contributed by atoms with E-state index in [0.717, 1.165) is 10.9 Å². The zero-order valence-electron chi connectivity index (χ0n) is 9.66. The van der Waals surface area contributed by atoms with E-state index in [2.05, 4.69) is 4.98 Å². The maximum atomic E-state index is 11.7. The molecule has 2 rings (SSSR count). The van der Waals surface area contributed by atoms with Gasteiger partial charge in [0, 0.05) is 11.6 Å². The zero-order valence-corrected chi connectivity index (χ0v) is 10.4. The summed E-state index contributed by atoms with van der Waals surface area (Å²) < 4.78 is 4.99. The van der Waals surface area contributed by atoms with Crippen LogP contribution in [0, 0.1) is 6.92 Å². The van der Waals surface area contributed by atoms with Gasteiger partial charge in [0.1, 0.15) is 0 Å². The number of aryl methyl sites for hydroxylation is 1. The molecule has 0 aliphatic heterocycles. The first-order valence-corrected chi connectivity index (χ1v) is 5.73. The molecule has 0 saturated heterocycles. The Hall–Kier alpha value is -1.61. The van der Waals surface area contributed by atoms with Gasteiger partial charge in [-0.15, -0.1) is 0 Å². The molecule has 2 aromatic rings. The summed E-state index contributed by atoms with van der Waals surface area (Å²) in [5.74, 6) is -0.325. The number of halogens is 1. The minimum atomic E-state index is -0.325. The molecule has 3 nitrogen and oxygen atoms in total. The molecular formula is C13H12ClNO2. The SMILES string of the molecule is CCOC(=O)c1cc2nccc(Cl)c2cc1C. The van der Waals surface area contributed by atoms with Crippen LogP contribution in [0.2, 0.25) is 5.02 Å². The van der Waals surface area contributed by atoms with Crippen molar-refractivity contribution in [3.63, 3.8) is 0 Å². The highest BCUT2D eigenvalue weighted by Gasteiger charge is 2.12. The highest BCUT2D eigenvalue weighted by Crippen LogP contribution is 2.25. The number of esters is 1. The van der Waals surface area contributed by atoms with E-state index in [-0.39, 0.29) is 5.97 Å². The van der Waals surface area contributed by atoms with Crippen LogP contribution in [-0.2, 0) is 4.74 Å². The number of carbonyl (C=O) groups is 1. The molecule has 0 bridgehead atoms. The van der Waals surface area contributed by atoms with Gasteiger partial charge in [-0.1, -0.05) is 11.6 Å². The third-order valence-corrected chi connectivity index (χ3v) is 2.86. The van der Waals surface area contributed by atoms with Crippen molar-refractivity contribution in [1.29, 1.82) is 0 Å². The lowest BCUT2D eigenvalue weighted by Crippen LogP contribution is -2.06. The third kappa shape index (κ3) is 2.24. The van der Waals surface area contributed by atoms with Crippen LogP contribution in [0.1, 0.15) is 22.8 Å². The Bertz CT molecular complexity index is 581. The molecule has 1 aromatic heterocycles. The normalized spacial score (nSPS) is 10.5.